The van der Waals surface area contributed by atoms with E-state index in [1.54, 1.807) is 12.1 Å². The van der Waals surface area contributed by atoms with Gasteiger partial charge in [-0.2, -0.15) is 0 Å². The summed E-state index contributed by atoms with van der Waals surface area (Å²) in [4.78, 5) is 24.2. The SMILES string of the molecule is C[C@H]1Cn2nnc(C(=O)NCCc3ccc(F)cc3)c2C(=O)N1. The molecule has 2 amide bonds. The predicted octanol–water partition coefficient (Wildman–Crippen LogP) is 0.522. The van der Waals surface area contributed by atoms with Crippen LogP contribution in [-0.2, 0) is 13.0 Å². The van der Waals surface area contributed by atoms with Gasteiger partial charge >= 0.3 is 0 Å². The van der Waals surface area contributed by atoms with E-state index in [2.05, 4.69) is 20.9 Å². The lowest BCUT2D eigenvalue weighted by Crippen LogP contribution is -2.43. The van der Waals surface area contributed by atoms with E-state index in [0.29, 0.717) is 19.5 Å². The van der Waals surface area contributed by atoms with Crippen LogP contribution in [0.4, 0.5) is 4.39 Å². The summed E-state index contributed by atoms with van der Waals surface area (Å²) in [7, 11) is 0. The Kier molecular flexibility index (Phi) is 4.05. The zero-order valence-corrected chi connectivity index (χ0v) is 12.5. The summed E-state index contributed by atoms with van der Waals surface area (Å²) in [6.07, 6.45) is 0.554. The fourth-order valence-corrected chi connectivity index (χ4v) is 2.47. The van der Waals surface area contributed by atoms with E-state index in [1.807, 2.05) is 6.92 Å². The van der Waals surface area contributed by atoms with Crippen molar-refractivity contribution in [1.82, 2.24) is 25.6 Å². The molecule has 0 saturated carbocycles. The van der Waals surface area contributed by atoms with E-state index in [0.717, 1.165) is 5.56 Å². The highest BCUT2D eigenvalue weighted by atomic mass is 19.1. The molecule has 2 N–H and O–H groups in total. The van der Waals surface area contributed by atoms with Crippen LogP contribution >= 0.6 is 0 Å². The summed E-state index contributed by atoms with van der Waals surface area (Å²) in [6, 6.07) is 6.02. The number of hydrogen-bond donors (Lipinski definition) is 2. The molecule has 1 aliphatic rings. The second kappa shape index (κ2) is 6.15. The van der Waals surface area contributed by atoms with Crippen LogP contribution in [0.5, 0.6) is 0 Å². The Balaban J connectivity index is 1.63. The van der Waals surface area contributed by atoms with E-state index in [9.17, 15) is 14.0 Å². The Hall–Kier alpha value is -2.77. The zero-order valence-electron chi connectivity index (χ0n) is 12.5. The molecule has 8 heteroatoms. The van der Waals surface area contributed by atoms with Crippen LogP contribution in [0.2, 0.25) is 0 Å². The van der Waals surface area contributed by atoms with Gasteiger partial charge in [-0.15, -0.1) is 5.10 Å². The predicted molar refractivity (Wildman–Crippen MR) is 79.4 cm³/mol. The second-order valence-electron chi connectivity index (χ2n) is 5.48. The highest BCUT2D eigenvalue weighted by Gasteiger charge is 2.30. The van der Waals surface area contributed by atoms with Crippen molar-refractivity contribution in [2.24, 2.45) is 0 Å². The van der Waals surface area contributed by atoms with Crippen molar-refractivity contribution in [3.8, 4) is 0 Å². The van der Waals surface area contributed by atoms with E-state index in [4.69, 9.17) is 0 Å². The maximum atomic E-state index is 12.8. The largest absolute Gasteiger partial charge is 0.350 e. The zero-order chi connectivity index (χ0) is 16.4. The Morgan fingerprint density at radius 1 is 1.43 bits per heavy atom. The minimum atomic E-state index is -0.446. The Bertz CT molecular complexity index is 741. The normalized spacial score (nSPS) is 16.6. The van der Waals surface area contributed by atoms with Gasteiger partial charge in [-0.05, 0) is 31.0 Å². The molecule has 0 radical (unpaired) electrons. The quantitative estimate of drug-likeness (QED) is 0.860. The van der Waals surface area contributed by atoms with Gasteiger partial charge in [0.1, 0.15) is 5.82 Å². The van der Waals surface area contributed by atoms with Crippen molar-refractivity contribution >= 4 is 11.8 Å². The number of halogens is 1. The number of hydrogen-bond acceptors (Lipinski definition) is 4. The molecular weight excluding hydrogens is 301 g/mol. The van der Waals surface area contributed by atoms with Gasteiger partial charge in [0.2, 0.25) is 0 Å². The molecule has 7 nitrogen and oxygen atoms in total. The Labute approximate surface area is 131 Å². The molecule has 0 unspecified atom stereocenters. The van der Waals surface area contributed by atoms with Crippen molar-refractivity contribution < 1.29 is 14.0 Å². The lowest BCUT2D eigenvalue weighted by molar-refractivity contribution is 0.0881. The monoisotopic (exact) mass is 317 g/mol. The highest BCUT2D eigenvalue weighted by molar-refractivity contribution is 6.05. The van der Waals surface area contributed by atoms with Gasteiger partial charge in [-0.1, -0.05) is 17.3 Å². The van der Waals surface area contributed by atoms with Crippen LogP contribution in [0, 0.1) is 5.82 Å². The minimum absolute atomic E-state index is 0.0218. The van der Waals surface area contributed by atoms with Crippen molar-refractivity contribution in [2.45, 2.75) is 25.9 Å². The Morgan fingerprint density at radius 2 is 2.17 bits per heavy atom. The number of fused-ring (bicyclic) bond motifs is 1. The molecular formula is C15H16FN5O2. The first kappa shape index (κ1) is 15.1. The fourth-order valence-electron chi connectivity index (χ4n) is 2.47. The van der Waals surface area contributed by atoms with Crippen molar-refractivity contribution in [2.75, 3.05) is 6.54 Å². The molecule has 0 aliphatic carbocycles. The van der Waals surface area contributed by atoms with E-state index in [1.165, 1.54) is 16.8 Å². The molecule has 1 aromatic heterocycles. The number of aromatic nitrogens is 3. The molecule has 1 aliphatic heterocycles. The maximum absolute atomic E-state index is 12.8. The van der Waals surface area contributed by atoms with Crippen molar-refractivity contribution in [3.63, 3.8) is 0 Å². The van der Waals surface area contributed by atoms with Gasteiger partial charge in [-0.25, -0.2) is 9.07 Å². The van der Waals surface area contributed by atoms with Crippen LogP contribution in [-0.4, -0.2) is 39.4 Å². The molecule has 120 valence electrons. The number of carbonyl (C=O) groups is 2. The number of nitrogens with one attached hydrogen (secondary N) is 2. The number of nitrogens with zero attached hydrogens (tertiary/aromatic N) is 3. The minimum Gasteiger partial charge on any atom is -0.350 e. The molecule has 23 heavy (non-hydrogen) atoms. The third kappa shape index (κ3) is 3.20. The third-order valence-electron chi connectivity index (χ3n) is 3.60. The number of rotatable bonds is 4. The van der Waals surface area contributed by atoms with Gasteiger partial charge in [0.05, 0.1) is 6.54 Å². The van der Waals surface area contributed by atoms with Gasteiger partial charge in [0.25, 0.3) is 11.8 Å². The molecule has 1 aromatic carbocycles. The van der Waals surface area contributed by atoms with Crippen LogP contribution in [0.15, 0.2) is 24.3 Å². The smallest absolute Gasteiger partial charge is 0.274 e. The third-order valence-corrected chi connectivity index (χ3v) is 3.60. The first-order valence-corrected chi connectivity index (χ1v) is 7.31. The summed E-state index contributed by atoms with van der Waals surface area (Å²) < 4.78 is 14.3. The molecule has 2 heterocycles. The van der Waals surface area contributed by atoms with Crippen LogP contribution in [0.25, 0.3) is 0 Å². The standard InChI is InChI=1S/C15H16FN5O2/c1-9-8-21-13(15(23)18-9)12(19-20-21)14(22)17-7-6-10-2-4-11(16)5-3-10/h2-5,9H,6-8H2,1H3,(H,17,22)(H,18,23)/t9-/m0/s1. The molecule has 2 aromatic rings. The van der Waals surface area contributed by atoms with Gasteiger partial charge in [0, 0.05) is 12.6 Å². The second-order valence-corrected chi connectivity index (χ2v) is 5.48. The lowest BCUT2D eigenvalue weighted by atomic mass is 10.1. The first-order chi connectivity index (χ1) is 11.0. The average molecular weight is 317 g/mol. The summed E-state index contributed by atoms with van der Waals surface area (Å²) in [5.41, 5.74) is 1.11. The fraction of sp³-hybridized carbons (Fsp3) is 0.333. The topological polar surface area (TPSA) is 88.9 Å². The molecule has 0 saturated heterocycles. The van der Waals surface area contributed by atoms with Crippen molar-refractivity contribution in [1.29, 1.82) is 0 Å². The first-order valence-electron chi connectivity index (χ1n) is 7.31. The number of amides is 2. The van der Waals surface area contributed by atoms with Crippen molar-refractivity contribution in [3.05, 3.63) is 47.0 Å². The van der Waals surface area contributed by atoms with E-state index >= 15 is 0 Å². The maximum Gasteiger partial charge on any atom is 0.274 e. The molecule has 0 bridgehead atoms. The Morgan fingerprint density at radius 3 is 2.91 bits per heavy atom. The van der Waals surface area contributed by atoms with Crippen LogP contribution in [0.1, 0.15) is 33.5 Å². The summed E-state index contributed by atoms with van der Waals surface area (Å²) >= 11 is 0. The molecule has 0 spiro atoms. The lowest BCUT2D eigenvalue weighted by Gasteiger charge is -2.20. The summed E-state index contributed by atoms with van der Waals surface area (Å²) in [5.74, 6) is -1.09. The number of carbonyl (C=O) groups excluding carboxylic acids is 2. The van der Waals surface area contributed by atoms with Gasteiger partial charge < -0.3 is 10.6 Å². The molecule has 0 fully saturated rings. The van der Waals surface area contributed by atoms with Crippen LogP contribution in [0.3, 0.4) is 0 Å². The molecule has 3 rings (SSSR count). The van der Waals surface area contributed by atoms with E-state index in [-0.39, 0.29) is 29.2 Å². The van der Waals surface area contributed by atoms with Crippen LogP contribution < -0.4 is 10.6 Å². The summed E-state index contributed by atoms with van der Waals surface area (Å²) in [5, 5.41) is 13.1. The van der Waals surface area contributed by atoms with E-state index < -0.39 is 5.91 Å². The molecule has 1 atom stereocenters. The summed E-state index contributed by atoms with van der Waals surface area (Å²) in [6.45, 7) is 2.69. The van der Waals surface area contributed by atoms with Gasteiger partial charge in [0.15, 0.2) is 11.4 Å². The average Bonchev–Trinajstić information content (AvgIpc) is 2.93. The highest BCUT2D eigenvalue weighted by Crippen LogP contribution is 2.11. The van der Waals surface area contributed by atoms with Gasteiger partial charge in [-0.3, -0.25) is 9.59 Å². The number of benzene rings is 1.